The molecular formula is C21H22N4O. The molecule has 0 bridgehead atoms. The number of rotatable bonds is 3. The molecule has 1 aliphatic rings. The molecule has 0 radical (unpaired) electrons. The van der Waals surface area contributed by atoms with Crippen LogP contribution in [0.25, 0.3) is 0 Å². The van der Waals surface area contributed by atoms with Gasteiger partial charge in [-0.15, -0.1) is 0 Å². The van der Waals surface area contributed by atoms with Crippen LogP contribution < -0.4 is 10.5 Å². The van der Waals surface area contributed by atoms with Gasteiger partial charge < -0.3 is 0 Å². The third-order valence-electron chi connectivity index (χ3n) is 4.86. The molecule has 2 aromatic carbocycles. The second kappa shape index (κ2) is 6.77. The zero-order valence-electron chi connectivity index (χ0n) is 15.1. The van der Waals surface area contributed by atoms with E-state index in [1.807, 2.05) is 50.2 Å². The quantitative estimate of drug-likeness (QED) is 0.729. The molecule has 0 saturated heterocycles. The number of nitrogens with zero attached hydrogens (tertiary/aromatic N) is 4. The minimum Gasteiger partial charge on any atom is -0.298 e. The van der Waals surface area contributed by atoms with Gasteiger partial charge in [0.1, 0.15) is 0 Å². The Bertz CT molecular complexity index is 967. The lowest BCUT2D eigenvalue weighted by molar-refractivity contribution is 0.190. The summed E-state index contributed by atoms with van der Waals surface area (Å²) in [6.07, 6.45) is 0. The Labute approximate surface area is 153 Å². The van der Waals surface area contributed by atoms with Crippen molar-refractivity contribution in [2.75, 3.05) is 11.6 Å². The van der Waals surface area contributed by atoms with Crippen LogP contribution in [-0.2, 0) is 13.2 Å². The third kappa shape index (κ3) is 3.02. The van der Waals surface area contributed by atoms with Gasteiger partial charge in [-0.2, -0.15) is 0 Å². The van der Waals surface area contributed by atoms with Gasteiger partial charge in [0.15, 0.2) is 0 Å². The Morgan fingerprint density at radius 1 is 0.923 bits per heavy atom. The van der Waals surface area contributed by atoms with Gasteiger partial charge in [0.25, 0.3) is 5.56 Å². The molecule has 132 valence electrons. The summed E-state index contributed by atoms with van der Waals surface area (Å²) in [6, 6.07) is 20.5. The van der Waals surface area contributed by atoms with E-state index in [1.165, 1.54) is 5.56 Å². The fourth-order valence-corrected chi connectivity index (χ4v) is 3.33. The fourth-order valence-electron chi connectivity index (χ4n) is 3.33. The molecule has 0 saturated carbocycles. The lowest BCUT2D eigenvalue weighted by atomic mass is 10.2. The van der Waals surface area contributed by atoms with Crippen molar-refractivity contribution >= 4 is 11.6 Å². The number of para-hydroxylation sites is 1. The van der Waals surface area contributed by atoms with E-state index in [-0.39, 0.29) is 5.56 Å². The van der Waals surface area contributed by atoms with Crippen molar-refractivity contribution in [3.8, 4) is 0 Å². The van der Waals surface area contributed by atoms with Crippen LogP contribution in [0.2, 0.25) is 0 Å². The number of hydrogen-bond donors (Lipinski definition) is 0. The molecule has 0 atom stereocenters. The summed E-state index contributed by atoms with van der Waals surface area (Å²) in [5, 5.41) is 0. The summed E-state index contributed by atoms with van der Waals surface area (Å²) >= 11 is 0. The van der Waals surface area contributed by atoms with E-state index >= 15 is 0 Å². The monoisotopic (exact) mass is 346 g/mol. The smallest absolute Gasteiger partial charge is 0.259 e. The van der Waals surface area contributed by atoms with Crippen LogP contribution in [0.4, 0.5) is 11.6 Å². The summed E-state index contributed by atoms with van der Waals surface area (Å²) in [5.41, 5.74) is 3.80. The predicted octanol–water partition coefficient (Wildman–Crippen LogP) is 3.43. The highest BCUT2D eigenvalue weighted by atomic mass is 16.1. The van der Waals surface area contributed by atoms with Gasteiger partial charge in [0, 0.05) is 23.5 Å². The highest BCUT2D eigenvalue weighted by Crippen LogP contribution is 2.27. The van der Waals surface area contributed by atoms with Crippen LogP contribution in [0, 0.1) is 13.8 Å². The van der Waals surface area contributed by atoms with E-state index in [2.05, 4.69) is 34.1 Å². The number of benzene rings is 2. The average Bonchev–Trinajstić information content (AvgIpc) is 2.68. The first kappa shape index (κ1) is 16.5. The Morgan fingerprint density at radius 2 is 1.58 bits per heavy atom. The second-order valence-electron chi connectivity index (χ2n) is 6.72. The second-order valence-corrected chi connectivity index (χ2v) is 6.72. The number of aromatic nitrogens is 2. The van der Waals surface area contributed by atoms with Crippen molar-refractivity contribution in [1.82, 2.24) is 14.5 Å². The molecule has 0 fully saturated rings. The van der Waals surface area contributed by atoms with Crippen molar-refractivity contribution < 1.29 is 0 Å². The molecule has 1 aromatic heterocycles. The zero-order chi connectivity index (χ0) is 18.1. The van der Waals surface area contributed by atoms with Gasteiger partial charge >= 0.3 is 0 Å². The van der Waals surface area contributed by atoms with Crippen LogP contribution in [-0.4, -0.2) is 21.1 Å². The van der Waals surface area contributed by atoms with Crippen LogP contribution in [0.1, 0.15) is 16.8 Å². The van der Waals surface area contributed by atoms with E-state index in [9.17, 15) is 4.79 Å². The van der Waals surface area contributed by atoms with Crippen molar-refractivity contribution in [1.29, 1.82) is 0 Å². The molecule has 5 nitrogen and oxygen atoms in total. The first-order chi connectivity index (χ1) is 12.6. The van der Waals surface area contributed by atoms with Crippen LogP contribution >= 0.6 is 0 Å². The molecule has 1 aliphatic heterocycles. The Hall–Kier alpha value is -2.92. The van der Waals surface area contributed by atoms with Crippen molar-refractivity contribution in [3.63, 3.8) is 0 Å². The fraction of sp³-hybridized carbons (Fsp3) is 0.238. The van der Waals surface area contributed by atoms with Crippen molar-refractivity contribution in [2.24, 2.45) is 0 Å². The molecule has 0 spiro atoms. The maximum atomic E-state index is 12.9. The van der Waals surface area contributed by atoms with E-state index in [1.54, 1.807) is 4.57 Å². The molecule has 2 heterocycles. The average molecular weight is 346 g/mol. The topological polar surface area (TPSA) is 41.4 Å². The zero-order valence-corrected chi connectivity index (χ0v) is 15.1. The van der Waals surface area contributed by atoms with E-state index in [0.717, 1.165) is 17.9 Å². The first-order valence-electron chi connectivity index (χ1n) is 8.80. The minimum atomic E-state index is 0.0335. The molecular weight excluding hydrogens is 324 g/mol. The number of anilines is 2. The number of fused-ring (bicyclic) bond motifs is 1. The molecule has 0 amide bonds. The van der Waals surface area contributed by atoms with Crippen LogP contribution in [0.3, 0.4) is 0 Å². The van der Waals surface area contributed by atoms with Gasteiger partial charge in [-0.25, -0.2) is 4.98 Å². The van der Waals surface area contributed by atoms with Crippen LogP contribution in [0.5, 0.6) is 0 Å². The molecule has 0 aliphatic carbocycles. The first-order valence-corrected chi connectivity index (χ1v) is 8.80. The molecule has 26 heavy (non-hydrogen) atoms. The van der Waals surface area contributed by atoms with Crippen LogP contribution in [0.15, 0.2) is 65.5 Å². The van der Waals surface area contributed by atoms with E-state index in [0.29, 0.717) is 24.8 Å². The molecule has 0 unspecified atom stereocenters. The molecule has 0 N–H and O–H groups in total. The maximum Gasteiger partial charge on any atom is 0.259 e. The van der Waals surface area contributed by atoms with E-state index in [4.69, 9.17) is 4.98 Å². The molecule has 3 aromatic rings. The summed E-state index contributed by atoms with van der Waals surface area (Å²) in [7, 11) is 0. The lowest BCUT2D eigenvalue weighted by Crippen LogP contribution is -2.47. The maximum absolute atomic E-state index is 12.9. The summed E-state index contributed by atoms with van der Waals surface area (Å²) in [6.45, 7) is 5.76. The molecule has 4 rings (SSSR count). The number of aryl methyl sites for hydroxylation is 1. The highest BCUT2D eigenvalue weighted by molar-refractivity contribution is 5.58. The van der Waals surface area contributed by atoms with Gasteiger partial charge in [-0.05, 0) is 31.5 Å². The third-order valence-corrected chi connectivity index (χ3v) is 4.86. The normalized spacial score (nSPS) is 14.3. The standard InChI is InChI=1S/C21H22N4O/c1-16-17(2)22-21-24(19-11-7-4-8-12-19)14-23(15-25(21)20(16)26)13-18-9-5-3-6-10-18/h3-12H,13-15H2,1-2H3. The lowest BCUT2D eigenvalue weighted by Gasteiger charge is -2.38. The summed E-state index contributed by atoms with van der Waals surface area (Å²) in [4.78, 5) is 22.0. The largest absolute Gasteiger partial charge is 0.298 e. The van der Waals surface area contributed by atoms with Gasteiger partial charge in [-0.1, -0.05) is 48.5 Å². The Morgan fingerprint density at radius 3 is 2.27 bits per heavy atom. The predicted molar refractivity (Wildman–Crippen MR) is 103 cm³/mol. The SMILES string of the molecule is Cc1nc2n(c(=O)c1C)CN(Cc1ccccc1)CN2c1ccccc1. The van der Waals surface area contributed by atoms with E-state index < -0.39 is 0 Å². The minimum absolute atomic E-state index is 0.0335. The Balaban J connectivity index is 1.78. The molecule has 5 heteroatoms. The van der Waals surface area contributed by atoms with Crippen molar-refractivity contribution in [3.05, 3.63) is 87.8 Å². The summed E-state index contributed by atoms with van der Waals surface area (Å²) in [5.74, 6) is 0.716. The number of hydrogen-bond acceptors (Lipinski definition) is 4. The Kier molecular flexibility index (Phi) is 4.31. The van der Waals surface area contributed by atoms with Gasteiger partial charge in [0.2, 0.25) is 5.95 Å². The van der Waals surface area contributed by atoms with Gasteiger partial charge in [0.05, 0.1) is 13.3 Å². The highest BCUT2D eigenvalue weighted by Gasteiger charge is 2.27. The summed E-state index contributed by atoms with van der Waals surface area (Å²) < 4.78 is 1.78. The van der Waals surface area contributed by atoms with Crippen molar-refractivity contribution in [2.45, 2.75) is 27.1 Å². The van der Waals surface area contributed by atoms with Gasteiger partial charge in [-0.3, -0.25) is 19.2 Å².